The molecule has 0 aliphatic carbocycles. The van der Waals surface area contributed by atoms with Crippen LogP contribution in [-0.4, -0.2) is 51.5 Å². The van der Waals surface area contributed by atoms with Crippen molar-refractivity contribution in [2.45, 2.75) is 32.2 Å². The first-order valence-electron chi connectivity index (χ1n) is 9.98. The lowest BCUT2D eigenvalue weighted by molar-refractivity contribution is -0.182. The zero-order valence-electron chi connectivity index (χ0n) is 16.8. The normalized spacial score (nSPS) is 19.9. The van der Waals surface area contributed by atoms with Crippen molar-refractivity contribution >= 4 is 32.2 Å². The van der Waals surface area contributed by atoms with Gasteiger partial charge in [-0.1, -0.05) is 0 Å². The summed E-state index contributed by atoms with van der Waals surface area (Å²) in [6.45, 7) is 3.88. The average Bonchev–Trinajstić information content (AvgIpc) is 3.25. The summed E-state index contributed by atoms with van der Waals surface area (Å²) in [5.74, 6) is -0.0304. The van der Waals surface area contributed by atoms with Crippen molar-refractivity contribution in [3.05, 3.63) is 41.6 Å². The van der Waals surface area contributed by atoms with E-state index in [1.807, 2.05) is 18.0 Å². The Kier molecular flexibility index (Phi) is 5.92. The number of carbonyl (C=O) groups is 2. The van der Waals surface area contributed by atoms with E-state index < -0.39 is 5.91 Å². The number of hydrogen-bond donors (Lipinski definition) is 1. The SMILES string of the molecule is Cc1c(P)cncc1[C@@H]1CCON1C(=O)C1CCN(c2cc(C(N)=O)ncn2)CC1. The monoisotopic (exact) mass is 428 g/mol. The molecule has 2 N–H and O–H groups in total. The van der Waals surface area contributed by atoms with Crippen molar-refractivity contribution in [3.8, 4) is 0 Å². The summed E-state index contributed by atoms with van der Waals surface area (Å²) in [5, 5.41) is 2.59. The fourth-order valence-corrected chi connectivity index (χ4v) is 4.31. The van der Waals surface area contributed by atoms with Crippen LogP contribution in [0.1, 0.15) is 46.9 Å². The van der Waals surface area contributed by atoms with Crippen molar-refractivity contribution in [1.82, 2.24) is 20.0 Å². The van der Waals surface area contributed by atoms with Crippen molar-refractivity contribution in [2.24, 2.45) is 11.7 Å². The molecule has 2 amide bonds. The lowest BCUT2D eigenvalue weighted by atomic mass is 9.94. The van der Waals surface area contributed by atoms with Gasteiger partial charge in [0.1, 0.15) is 17.8 Å². The number of amides is 2. The largest absolute Gasteiger partial charge is 0.364 e. The minimum atomic E-state index is -0.583. The quantitative estimate of drug-likeness (QED) is 0.720. The lowest BCUT2D eigenvalue weighted by Gasteiger charge is -2.34. The van der Waals surface area contributed by atoms with Crippen molar-refractivity contribution in [1.29, 1.82) is 0 Å². The third-order valence-corrected chi connectivity index (χ3v) is 6.43. The number of anilines is 1. The molecular formula is C20H25N6O3P. The highest BCUT2D eigenvalue weighted by molar-refractivity contribution is 7.27. The van der Waals surface area contributed by atoms with Crippen LogP contribution in [0.15, 0.2) is 24.8 Å². The van der Waals surface area contributed by atoms with Gasteiger partial charge in [0.15, 0.2) is 0 Å². The molecule has 0 radical (unpaired) electrons. The van der Waals surface area contributed by atoms with Gasteiger partial charge in [0.2, 0.25) is 5.91 Å². The molecule has 0 saturated carbocycles. The zero-order chi connectivity index (χ0) is 21.3. The minimum Gasteiger partial charge on any atom is -0.364 e. The number of nitrogens with two attached hydrogens (primary N) is 1. The van der Waals surface area contributed by atoms with Gasteiger partial charge in [-0.05, 0) is 36.2 Å². The molecule has 2 aromatic heterocycles. The van der Waals surface area contributed by atoms with E-state index in [0.717, 1.165) is 22.9 Å². The van der Waals surface area contributed by atoms with Gasteiger partial charge in [0, 0.05) is 43.9 Å². The van der Waals surface area contributed by atoms with Crippen LogP contribution >= 0.6 is 9.24 Å². The highest BCUT2D eigenvalue weighted by Crippen LogP contribution is 2.34. The molecule has 10 heteroatoms. The van der Waals surface area contributed by atoms with E-state index in [1.165, 1.54) is 6.33 Å². The van der Waals surface area contributed by atoms with Crippen molar-refractivity contribution in [3.63, 3.8) is 0 Å². The van der Waals surface area contributed by atoms with E-state index in [2.05, 4.69) is 24.2 Å². The zero-order valence-corrected chi connectivity index (χ0v) is 18.0. The number of primary amides is 1. The molecule has 30 heavy (non-hydrogen) atoms. The van der Waals surface area contributed by atoms with E-state index in [1.54, 1.807) is 17.3 Å². The Morgan fingerprint density at radius 2 is 1.97 bits per heavy atom. The molecule has 158 valence electrons. The number of carbonyl (C=O) groups excluding carboxylic acids is 2. The van der Waals surface area contributed by atoms with E-state index in [9.17, 15) is 9.59 Å². The van der Waals surface area contributed by atoms with Crippen LogP contribution in [-0.2, 0) is 9.63 Å². The smallest absolute Gasteiger partial charge is 0.267 e. The minimum absolute atomic E-state index is 0.0196. The second-order valence-corrected chi connectivity index (χ2v) is 8.25. The molecule has 2 fully saturated rings. The molecule has 0 bridgehead atoms. The van der Waals surface area contributed by atoms with E-state index in [4.69, 9.17) is 10.6 Å². The van der Waals surface area contributed by atoms with Crippen LogP contribution in [0, 0.1) is 12.8 Å². The van der Waals surface area contributed by atoms with Crippen LogP contribution in [0.4, 0.5) is 5.82 Å². The fraction of sp³-hybridized carbons (Fsp3) is 0.450. The molecule has 1 unspecified atom stereocenters. The van der Waals surface area contributed by atoms with Gasteiger partial charge in [0.05, 0.1) is 12.6 Å². The van der Waals surface area contributed by atoms with Crippen molar-refractivity contribution < 1.29 is 14.4 Å². The Labute approximate surface area is 177 Å². The van der Waals surface area contributed by atoms with Gasteiger partial charge in [-0.25, -0.2) is 15.0 Å². The molecule has 4 heterocycles. The first kappa shape index (κ1) is 20.6. The highest BCUT2D eigenvalue weighted by atomic mass is 31.0. The first-order chi connectivity index (χ1) is 14.5. The molecule has 2 aliphatic heterocycles. The second kappa shape index (κ2) is 8.62. The number of aromatic nitrogens is 3. The number of hydroxylamine groups is 2. The number of hydrogen-bond acceptors (Lipinski definition) is 7. The Hall–Kier alpha value is -2.64. The van der Waals surface area contributed by atoms with Crippen molar-refractivity contribution in [2.75, 3.05) is 24.6 Å². The predicted octanol–water partition coefficient (Wildman–Crippen LogP) is 0.901. The molecule has 9 nitrogen and oxygen atoms in total. The maximum absolute atomic E-state index is 13.2. The van der Waals surface area contributed by atoms with Crippen LogP contribution in [0.2, 0.25) is 0 Å². The Morgan fingerprint density at radius 1 is 1.20 bits per heavy atom. The van der Waals surface area contributed by atoms with Gasteiger partial charge in [-0.2, -0.15) is 0 Å². The maximum Gasteiger partial charge on any atom is 0.267 e. The van der Waals surface area contributed by atoms with Gasteiger partial charge in [-0.3, -0.25) is 19.4 Å². The molecule has 2 aromatic rings. The molecule has 4 rings (SSSR count). The van der Waals surface area contributed by atoms with Crippen LogP contribution in [0.25, 0.3) is 0 Å². The highest BCUT2D eigenvalue weighted by Gasteiger charge is 2.38. The summed E-state index contributed by atoms with van der Waals surface area (Å²) in [5.41, 5.74) is 7.64. The molecule has 2 saturated heterocycles. The summed E-state index contributed by atoms with van der Waals surface area (Å²) in [6, 6.07) is 1.49. The third kappa shape index (κ3) is 4.00. The summed E-state index contributed by atoms with van der Waals surface area (Å²) in [4.78, 5) is 44.8. The molecule has 0 spiro atoms. The number of pyridine rings is 1. The second-order valence-electron chi connectivity index (χ2n) is 7.63. The fourth-order valence-electron chi connectivity index (χ4n) is 4.05. The van der Waals surface area contributed by atoms with E-state index in [-0.39, 0.29) is 23.6 Å². The summed E-state index contributed by atoms with van der Waals surface area (Å²) < 4.78 is 0. The predicted molar refractivity (Wildman–Crippen MR) is 114 cm³/mol. The van der Waals surface area contributed by atoms with E-state index >= 15 is 0 Å². The maximum atomic E-state index is 13.2. The van der Waals surface area contributed by atoms with Gasteiger partial charge < -0.3 is 10.6 Å². The Morgan fingerprint density at radius 3 is 2.70 bits per heavy atom. The van der Waals surface area contributed by atoms with Crippen LogP contribution < -0.4 is 15.9 Å². The molecule has 2 atom stereocenters. The molecule has 2 aliphatic rings. The Balaban J connectivity index is 1.43. The number of nitrogens with zero attached hydrogens (tertiary/aromatic N) is 5. The summed E-state index contributed by atoms with van der Waals surface area (Å²) in [7, 11) is 2.69. The van der Waals surface area contributed by atoms with E-state index in [0.29, 0.717) is 38.4 Å². The number of piperidine rings is 1. The van der Waals surface area contributed by atoms with Gasteiger partial charge in [-0.15, -0.1) is 9.24 Å². The first-order valence-corrected chi connectivity index (χ1v) is 10.6. The summed E-state index contributed by atoms with van der Waals surface area (Å²) in [6.07, 6.45) is 7.10. The lowest BCUT2D eigenvalue weighted by Crippen LogP contribution is -2.42. The van der Waals surface area contributed by atoms with Crippen LogP contribution in [0.3, 0.4) is 0 Å². The van der Waals surface area contributed by atoms with Crippen LogP contribution in [0.5, 0.6) is 0 Å². The topological polar surface area (TPSA) is 115 Å². The third-order valence-electron chi connectivity index (χ3n) is 5.85. The number of rotatable bonds is 4. The average molecular weight is 428 g/mol. The van der Waals surface area contributed by atoms with Gasteiger partial charge in [0.25, 0.3) is 5.91 Å². The molecule has 0 aromatic carbocycles. The Bertz CT molecular complexity index is 963. The van der Waals surface area contributed by atoms with Gasteiger partial charge >= 0.3 is 0 Å². The molecular weight excluding hydrogens is 403 g/mol. The summed E-state index contributed by atoms with van der Waals surface area (Å²) >= 11 is 0. The standard InChI is InChI=1S/C20H25N6O3P/c1-12-14(9-22-10-17(12)30)16-4-7-29-26(16)20(28)13-2-5-25(6-3-13)18-8-15(19(21)27)23-11-24-18/h8-11,13,16H,2-7,30H2,1H3,(H2,21,27)/t16-/m0/s1.